The Hall–Kier alpha value is -1.06. The number of carbonyl (C=O) groups excluding carboxylic acids is 2. The summed E-state index contributed by atoms with van der Waals surface area (Å²) in [6.07, 6.45) is 7.40. The van der Waals surface area contributed by atoms with E-state index in [1.165, 1.54) is 19.3 Å². The summed E-state index contributed by atoms with van der Waals surface area (Å²) in [7, 11) is 0. The highest BCUT2D eigenvalue weighted by atomic mass is 16.2. The van der Waals surface area contributed by atoms with Crippen molar-refractivity contribution in [1.29, 1.82) is 0 Å². The summed E-state index contributed by atoms with van der Waals surface area (Å²) in [6, 6.07) is 0.0109. The van der Waals surface area contributed by atoms with Crippen molar-refractivity contribution in [2.45, 2.75) is 83.3 Å². The van der Waals surface area contributed by atoms with Crippen LogP contribution in [0.4, 0.5) is 0 Å². The number of piperazine rings is 1. The maximum atomic E-state index is 12.7. The number of rotatable bonds is 3. The summed E-state index contributed by atoms with van der Waals surface area (Å²) in [5.74, 6) is 0.120. The van der Waals surface area contributed by atoms with Crippen molar-refractivity contribution in [3.05, 3.63) is 0 Å². The topological polar surface area (TPSA) is 49.4 Å². The van der Waals surface area contributed by atoms with Crippen molar-refractivity contribution < 1.29 is 9.59 Å². The van der Waals surface area contributed by atoms with Crippen LogP contribution in [0.1, 0.15) is 65.7 Å². The van der Waals surface area contributed by atoms with Crippen molar-refractivity contribution in [2.24, 2.45) is 0 Å². The zero-order chi connectivity index (χ0) is 14.0. The lowest BCUT2D eigenvalue weighted by Crippen LogP contribution is -2.70. The Morgan fingerprint density at radius 1 is 1.21 bits per heavy atom. The highest BCUT2D eigenvalue weighted by Gasteiger charge is 2.47. The molecule has 1 aliphatic heterocycles. The standard InChI is InChI=1S/C15H26N2O2/c1-4-8-12-13(18)16-15(2,3)14(19)17(12)11-9-6-5-7-10-11/h11-12H,4-10H2,1-3H3,(H,16,18). The summed E-state index contributed by atoms with van der Waals surface area (Å²) in [4.78, 5) is 26.9. The molecule has 4 heteroatoms. The molecule has 1 saturated carbocycles. The molecule has 0 aromatic carbocycles. The molecule has 2 fully saturated rings. The molecule has 108 valence electrons. The largest absolute Gasteiger partial charge is 0.340 e. The van der Waals surface area contributed by atoms with Gasteiger partial charge in [0.2, 0.25) is 11.8 Å². The first-order valence-corrected chi connectivity index (χ1v) is 7.62. The smallest absolute Gasteiger partial charge is 0.248 e. The predicted octanol–water partition coefficient (Wildman–Crippen LogP) is 2.22. The molecule has 1 saturated heterocycles. The fourth-order valence-electron chi connectivity index (χ4n) is 3.36. The third kappa shape index (κ3) is 2.77. The molecule has 0 bridgehead atoms. The monoisotopic (exact) mass is 266 g/mol. The van der Waals surface area contributed by atoms with Crippen LogP contribution in [0.15, 0.2) is 0 Å². The van der Waals surface area contributed by atoms with E-state index in [9.17, 15) is 9.59 Å². The van der Waals surface area contributed by atoms with Gasteiger partial charge in [0.1, 0.15) is 11.6 Å². The van der Waals surface area contributed by atoms with Gasteiger partial charge in [-0.25, -0.2) is 0 Å². The Balaban J connectivity index is 2.25. The zero-order valence-electron chi connectivity index (χ0n) is 12.4. The Kier molecular flexibility index (Phi) is 4.16. The lowest BCUT2D eigenvalue weighted by Gasteiger charge is -2.47. The van der Waals surface area contributed by atoms with Crippen molar-refractivity contribution in [1.82, 2.24) is 10.2 Å². The van der Waals surface area contributed by atoms with E-state index in [4.69, 9.17) is 0 Å². The first kappa shape index (κ1) is 14.4. The van der Waals surface area contributed by atoms with E-state index < -0.39 is 5.54 Å². The van der Waals surface area contributed by atoms with Crippen molar-refractivity contribution in [2.75, 3.05) is 0 Å². The van der Waals surface area contributed by atoms with Gasteiger partial charge in [-0.05, 0) is 33.1 Å². The van der Waals surface area contributed by atoms with E-state index in [1.807, 2.05) is 18.7 Å². The van der Waals surface area contributed by atoms with Crippen LogP contribution in [0.5, 0.6) is 0 Å². The van der Waals surface area contributed by atoms with Gasteiger partial charge in [0.15, 0.2) is 0 Å². The van der Waals surface area contributed by atoms with E-state index in [0.29, 0.717) is 0 Å². The third-order valence-electron chi connectivity index (χ3n) is 4.37. The normalized spacial score (nSPS) is 28.4. The number of nitrogens with zero attached hydrogens (tertiary/aromatic N) is 1. The first-order chi connectivity index (χ1) is 8.97. The molecule has 19 heavy (non-hydrogen) atoms. The quantitative estimate of drug-likeness (QED) is 0.851. The molecule has 1 unspecified atom stereocenters. The minimum absolute atomic E-state index is 0.0250. The van der Waals surface area contributed by atoms with Gasteiger partial charge in [0.25, 0.3) is 0 Å². The van der Waals surface area contributed by atoms with E-state index in [0.717, 1.165) is 25.7 Å². The molecule has 2 aliphatic rings. The third-order valence-corrected chi connectivity index (χ3v) is 4.37. The van der Waals surface area contributed by atoms with Gasteiger partial charge in [0, 0.05) is 6.04 Å². The van der Waals surface area contributed by atoms with Gasteiger partial charge < -0.3 is 10.2 Å². The maximum absolute atomic E-state index is 12.7. The van der Waals surface area contributed by atoms with Gasteiger partial charge in [-0.3, -0.25) is 9.59 Å². The molecular formula is C15H26N2O2. The molecule has 0 aromatic heterocycles. The fourth-order valence-corrected chi connectivity index (χ4v) is 3.36. The summed E-state index contributed by atoms with van der Waals surface area (Å²) < 4.78 is 0. The molecule has 0 radical (unpaired) electrons. The summed E-state index contributed by atoms with van der Waals surface area (Å²) >= 11 is 0. The van der Waals surface area contributed by atoms with Crippen LogP contribution >= 0.6 is 0 Å². The van der Waals surface area contributed by atoms with E-state index in [-0.39, 0.29) is 23.9 Å². The van der Waals surface area contributed by atoms with Crippen molar-refractivity contribution in [3.8, 4) is 0 Å². The van der Waals surface area contributed by atoms with Crippen LogP contribution in [0.3, 0.4) is 0 Å². The molecule has 2 rings (SSSR count). The average molecular weight is 266 g/mol. The number of amides is 2. The molecule has 2 amide bonds. The Labute approximate surface area is 115 Å². The van der Waals surface area contributed by atoms with Gasteiger partial charge in [-0.1, -0.05) is 32.6 Å². The number of carbonyl (C=O) groups is 2. The van der Waals surface area contributed by atoms with Crippen LogP contribution < -0.4 is 5.32 Å². The maximum Gasteiger partial charge on any atom is 0.248 e. The Morgan fingerprint density at radius 3 is 2.42 bits per heavy atom. The van der Waals surface area contributed by atoms with E-state index in [1.54, 1.807) is 0 Å². The summed E-state index contributed by atoms with van der Waals surface area (Å²) in [5, 5.41) is 2.88. The highest BCUT2D eigenvalue weighted by molar-refractivity contribution is 5.99. The number of hydrogen-bond donors (Lipinski definition) is 1. The van der Waals surface area contributed by atoms with Gasteiger partial charge >= 0.3 is 0 Å². The van der Waals surface area contributed by atoms with Gasteiger partial charge in [0.05, 0.1) is 0 Å². The van der Waals surface area contributed by atoms with Gasteiger partial charge in [-0.2, -0.15) is 0 Å². The second-order valence-corrected chi connectivity index (χ2v) is 6.42. The number of nitrogens with one attached hydrogen (secondary N) is 1. The predicted molar refractivity (Wildman–Crippen MR) is 74.6 cm³/mol. The molecule has 1 atom stereocenters. The molecule has 4 nitrogen and oxygen atoms in total. The van der Waals surface area contributed by atoms with Crippen LogP contribution in [0.2, 0.25) is 0 Å². The molecule has 1 heterocycles. The average Bonchev–Trinajstić information content (AvgIpc) is 2.37. The summed E-state index contributed by atoms with van der Waals surface area (Å²) in [5.41, 5.74) is -0.751. The second kappa shape index (κ2) is 5.51. The fraction of sp³-hybridized carbons (Fsp3) is 0.867. The summed E-state index contributed by atoms with van der Waals surface area (Å²) in [6.45, 7) is 5.69. The van der Waals surface area contributed by atoms with Crippen molar-refractivity contribution in [3.63, 3.8) is 0 Å². The Morgan fingerprint density at radius 2 is 1.84 bits per heavy atom. The molecule has 1 aliphatic carbocycles. The van der Waals surface area contributed by atoms with Crippen LogP contribution in [0, 0.1) is 0 Å². The molecule has 0 spiro atoms. The Bertz CT molecular complexity index is 359. The second-order valence-electron chi connectivity index (χ2n) is 6.42. The minimum atomic E-state index is -0.751. The van der Waals surface area contributed by atoms with E-state index >= 15 is 0 Å². The van der Waals surface area contributed by atoms with Crippen LogP contribution in [-0.4, -0.2) is 34.3 Å². The van der Waals surface area contributed by atoms with E-state index in [2.05, 4.69) is 12.2 Å². The lowest BCUT2D eigenvalue weighted by molar-refractivity contribution is -0.157. The van der Waals surface area contributed by atoms with Crippen LogP contribution in [-0.2, 0) is 9.59 Å². The molecule has 1 N–H and O–H groups in total. The zero-order valence-corrected chi connectivity index (χ0v) is 12.4. The highest BCUT2D eigenvalue weighted by Crippen LogP contribution is 2.30. The number of hydrogen-bond acceptors (Lipinski definition) is 2. The first-order valence-electron chi connectivity index (χ1n) is 7.62. The minimum Gasteiger partial charge on any atom is -0.340 e. The van der Waals surface area contributed by atoms with Gasteiger partial charge in [-0.15, -0.1) is 0 Å². The lowest BCUT2D eigenvalue weighted by atomic mass is 9.87. The van der Waals surface area contributed by atoms with Crippen LogP contribution in [0.25, 0.3) is 0 Å². The van der Waals surface area contributed by atoms with Crippen molar-refractivity contribution >= 4 is 11.8 Å². The molecular weight excluding hydrogens is 240 g/mol. The molecule has 0 aromatic rings. The SMILES string of the molecule is CCCC1C(=O)NC(C)(C)C(=O)N1C1CCCCC1.